The molecule has 3 atom stereocenters. The monoisotopic (exact) mass is 192 g/mol. The van der Waals surface area contributed by atoms with Crippen LogP contribution in [0.1, 0.15) is 32.6 Å². The van der Waals surface area contributed by atoms with E-state index < -0.39 is 18.3 Å². The van der Waals surface area contributed by atoms with Crippen molar-refractivity contribution in [3.8, 4) is 0 Å². The molecule has 80 valence electrons. The molecular weight excluding hydrogens is 172 g/mol. The van der Waals surface area contributed by atoms with E-state index in [1.165, 1.54) is 0 Å². The molecule has 0 radical (unpaired) electrons. The molecule has 0 heterocycles. The van der Waals surface area contributed by atoms with Gasteiger partial charge in [-0.2, -0.15) is 0 Å². The van der Waals surface area contributed by atoms with E-state index in [1.807, 2.05) is 6.92 Å². The molecule has 3 unspecified atom stereocenters. The van der Waals surface area contributed by atoms with Gasteiger partial charge in [0.05, 0.1) is 24.9 Å². The van der Waals surface area contributed by atoms with Gasteiger partial charge in [-0.3, -0.25) is 0 Å². The number of aliphatic hydroxyl groups is 4. The van der Waals surface area contributed by atoms with E-state index in [2.05, 4.69) is 0 Å². The van der Waals surface area contributed by atoms with Gasteiger partial charge in [-0.25, -0.2) is 0 Å². The average Bonchev–Trinajstić information content (AvgIpc) is 2.04. The van der Waals surface area contributed by atoms with Crippen LogP contribution in [0.2, 0.25) is 0 Å². The van der Waals surface area contributed by atoms with Crippen LogP contribution in [0.4, 0.5) is 0 Å². The Morgan fingerprint density at radius 3 is 1.92 bits per heavy atom. The minimum atomic E-state index is -0.885. The summed E-state index contributed by atoms with van der Waals surface area (Å²) in [5.74, 6) is 0. The highest BCUT2D eigenvalue weighted by molar-refractivity contribution is 4.67. The first-order valence-corrected chi connectivity index (χ1v) is 4.75. The first kappa shape index (κ1) is 12.8. The zero-order valence-corrected chi connectivity index (χ0v) is 8.06. The molecule has 0 aliphatic heterocycles. The molecule has 4 N–H and O–H groups in total. The molecule has 4 nitrogen and oxygen atoms in total. The predicted octanol–water partition coefficient (Wildman–Crippen LogP) is -0.358. The number of hydrogen-bond donors (Lipinski definition) is 4. The fourth-order valence-electron chi connectivity index (χ4n) is 1.25. The molecular formula is C9H20O4. The molecule has 0 rings (SSSR count). The summed E-state index contributed by atoms with van der Waals surface area (Å²) in [5.41, 5.74) is 0. The van der Waals surface area contributed by atoms with E-state index in [4.69, 9.17) is 10.2 Å². The number of hydrogen-bond acceptors (Lipinski definition) is 4. The second kappa shape index (κ2) is 7.26. The summed E-state index contributed by atoms with van der Waals surface area (Å²) in [6, 6.07) is 0. The third-order valence-electron chi connectivity index (χ3n) is 1.92. The molecule has 0 saturated heterocycles. The van der Waals surface area contributed by atoms with Gasteiger partial charge in [0.2, 0.25) is 0 Å². The highest BCUT2D eigenvalue weighted by atomic mass is 16.3. The van der Waals surface area contributed by atoms with E-state index in [-0.39, 0.29) is 19.4 Å². The summed E-state index contributed by atoms with van der Waals surface area (Å²) < 4.78 is 0. The molecule has 0 aliphatic rings. The lowest BCUT2D eigenvalue weighted by atomic mass is 10.0. The standard InChI is InChI=1S/C9H20O4/c1-2-3-7(11)4-8(12)5-9(13)6-10/h7-13H,2-6H2,1H3. The fraction of sp³-hybridized carbons (Fsp3) is 1.00. The summed E-state index contributed by atoms with van der Waals surface area (Å²) >= 11 is 0. The summed E-state index contributed by atoms with van der Waals surface area (Å²) in [4.78, 5) is 0. The Morgan fingerprint density at radius 2 is 1.46 bits per heavy atom. The normalized spacial score (nSPS) is 18.2. The third-order valence-corrected chi connectivity index (χ3v) is 1.92. The van der Waals surface area contributed by atoms with E-state index in [1.54, 1.807) is 0 Å². The van der Waals surface area contributed by atoms with Gasteiger partial charge in [-0.15, -0.1) is 0 Å². The van der Waals surface area contributed by atoms with Crippen molar-refractivity contribution in [2.24, 2.45) is 0 Å². The Balaban J connectivity index is 3.54. The maximum atomic E-state index is 9.32. The Kier molecular flexibility index (Phi) is 7.17. The molecule has 0 aromatic rings. The second-order valence-electron chi connectivity index (χ2n) is 3.40. The van der Waals surface area contributed by atoms with E-state index in [9.17, 15) is 10.2 Å². The van der Waals surface area contributed by atoms with Gasteiger partial charge in [0.1, 0.15) is 0 Å². The van der Waals surface area contributed by atoms with Crippen LogP contribution >= 0.6 is 0 Å². The lowest BCUT2D eigenvalue weighted by molar-refractivity contribution is 0.0168. The van der Waals surface area contributed by atoms with Crippen molar-refractivity contribution in [3.63, 3.8) is 0 Å². The van der Waals surface area contributed by atoms with E-state index in [0.29, 0.717) is 6.42 Å². The van der Waals surface area contributed by atoms with Gasteiger partial charge in [-0.1, -0.05) is 13.3 Å². The van der Waals surface area contributed by atoms with Gasteiger partial charge in [0.15, 0.2) is 0 Å². The average molecular weight is 192 g/mol. The molecule has 13 heavy (non-hydrogen) atoms. The molecule has 0 saturated carbocycles. The van der Waals surface area contributed by atoms with Crippen LogP contribution < -0.4 is 0 Å². The lowest BCUT2D eigenvalue weighted by Crippen LogP contribution is -2.24. The Hall–Kier alpha value is -0.160. The van der Waals surface area contributed by atoms with Gasteiger partial charge in [0.25, 0.3) is 0 Å². The molecule has 0 aliphatic carbocycles. The number of rotatable bonds is 7. The van der Waals surface area contributed by atoms with Crippen LogP contribution in [0, 0.1) is 0 Å². The SMILES string of the molecule is CCCC(O)CC(O)CC(O)CO. The van der Waals surface area contributed by atoms with Gasteiger partial charge < -0.3 is 20.4 Å². The third kappa shape index (κ3) is 6.95. The maximum absolute atomic E-state index is 9.32. The molecule has 4 heteroatoms. The van der Waals surface area contributed by atoms with Crippen LogP contribution in [0.3, 0.4) is 0 Å². The highest BCUT2D eigenvalue weighted by Crippen LogP contribution is 2.09. The minimum absolute atomic E-state index is 0.122. The Bertz CT molecular complexity index is 118. The van der Waals surface area contributed by atoms with E-state index in [0.717, 1.165) is 6.42 Å². The van der Waals surface area contributed by atoms with E-state index >= 15 is 0 Å². The van der Waals surface area contributed by atoms with Crippen molar-refractivity contribution < 1.29 is 20.4 Å². The summed E-state index contributed by atoms with van der Waals surface area (Å²) in [7, 11) is 0. The molecule has 0 fully saturated rings. The lowest BCUT2D eigenvalue weighted by Gasteiger charge is -2.16. The summed E-state index contributed by atoms with van der Waals surface area (Å²) in [6.45, 7) is 1.61. The first-order valence-electron chi connectivity index (χ1n) is 4.75. The topological polar surface area (TPSA) is 80.9 Å². The first-order chi connectivity index (χ1) is 6.10. The quantitative estimate of drug-likeness (QED) is 0.444. The highest BCUT2D eigenvalue weighted by Gasteiger charge is 2.14. The Morgan fingerprint density at radius 1 is 0.923 bits per heavy atom. The minimum Gasteiger partial charge on any atom is -0.394 e. The van der Waals surface area contributed by atoms with Crippen LogP contribution in [-0.2, 0) is 0 Å². The summed E-state index contributed by atoms with van der Waals surface area (Å²) in [6.07, 6.45) is -0.205. The molecule has 0 aromatic carbocycles. The van der Waals surface area contributed by atoms with Crippen molar-refractivity contribution in [2.45, 2.75) is 50.9 Å². The van der Waals surface area contributed by atoms with Crippen LogP contribution in [0.5, 0.6) is 0 Å². The van der Waals surface area contributed by atoms with Crippen molar-refractivity contribution in [1.82, 2.24) is 0 Å². The molecule has 0 amide bonds. The molecule has 0 aromatic heterocycles. The zero-order valence-electron chi connectivity index (χ0n) is 8.06. The Labute approximate surface area is 78.8 Å². The van der Waals surface area contributed by atoms with Gasteiger partial charge in [-0.05, 0) is 12.8 Å². The van der Waals surface area contributed by atoms with Gasteiger partial charge >= 0.3 is 0 Å². The van der Waals surface area contributed by atoms with Crippen molar-refractivity contribution in [3.05, 3.63) is 0 Å². The van der Waals surface area contributed by atoms with Crippen molar-refractivity contribution in [2.75, 3.05) is 6.61 Å². The summed E-state index contributed by atoms with van der Waals surface area (Å²) in [5, 5.41) is 36.1. The van der Waals surface area contributed by atoms with Crippen LogP contribution in [-0.4, -0.2) is 45.3 Å². The molecule has 0 bridgehead atoms. The maximum Gasteiger partial charge on any atom is 0.0795 e. The molecule has 0 spiro atoms. The zero-order chi connectivity index (χ0) is 10.3. The number of aliphatic hydroxyl groups excluding tert-OH is 4. The smallest absolute Gasteiger partial charge is 0.0795 e. The largest absolute Gasteiger partial charge is 0.394 e. The van der Waals surface area contributed by atoms with Crippen molar-refractivity contribution in [1.29, 1.82) is 0 Å². The predicted molar refractivity (Wildman–Crippen MR) is 49.2 cm³/mol. The van der Waals surface area contributed by atoms with Crippen LogP contribution in [0.15, 0.2) is 0 Å². The van der Waals surface area contributed by atoms with Gasteiger partial charge in [0, 0.05) is 6.42 Å². The fourth-order valence-corrected chi connectivity index (χ4v) is 1.25. The van der Waals surface area contributed by atoms with Crippen molar-refractivity contribution >= 4 is 0 Å². The second-order valence-corrected chi connectivity index (χ2v) is 3.40. The van der Waals surface area contributed by atoms with Crippen LogP contribution in [0.25, 0.3) is 0 Å².